The van der Waals surface area contributed by atoms with Crippen molar-refractivity contribution in [2.24, 2.45) is 17.4 Å². The Morgan fingerprint density at radius 1 is 1.53 bits per heavy atom. The molecule has 0 aromatic rings. The number of nitrogens with zero attached hydrogens (tertiary/aromatic N) is 1. The number of nitrogens with two attached hydrogens (primary N) is 2. The number of aliphatic hydroxyl groups excluding tert-OH is 1. The van der Waals surface area contributed by atoms with E-state index in [1.807, 2.05) is 0 Å². The summed E-state index contributed by atoms with van der Waals surface area (Å²) in [6.07, 6.45) is 0.657. The molecule has 2 unspecified atom stereocenters. The Balaban J connectivity index is 2.44. The maximum atomic E-state index is 11.7. The zero-order valence-corrected chi connectivity index (χ0v) is 8.56. The highest BCUT2D eigenvalue weighted by Gasteiger charge is 2.29. The first-order valence-corrected chi connectivity index (χ1v) is 4.98. The first-order chi connectivity index (χ1) is 7.04. The van der Waals surface area contributed by atoms with E-state index in [1.54, 1.807) is 4.90 Å². The summed E-state index contributed by atoms with van der Waals surface area (Å²) in [4.78, 5) is 23.8. The summed E-state index contributed by atoms with van der Waals surface area (Å²) in [7, 11) is 0. The lowest BCUT2D eigenvalue weighted by molar-refractivity contribution is -0.133. The largest absolute Gasteiger partial charge is 0.396 e. The van der Waals surface area contributed by atoms with Gasteiger partial charge in [0.1, 0.15) is 0 Å². The van der Waals surface area contributed by atoms with Gasteiger partial charge >= 0.3 is 0 Å². The van der Waals surface area contributed by atoms with E-state index in [0.29, 0.717) is 13.1 Å². The van der Waals surface area contributed by atoms with Crippen molar-refractivity contribution in [1.82, 2.24) is 4.90 Å². The van der Waals surface area contributed by atoms with Gasteiger partial charge in [0.2, 0.25) is 11.8 Å². The topological polar surface area (TPSA) is 110 Å². The quantitative estimate of drug-likeness (QED) is 0.505. The minimum absolute atomic E-state index is 0.0782. The number of carbonyl (C=O) groups is 2. The SMILES string of the molecule is NC(=O)CC(N)C(=O)N1CCC(CO)C1. The molecule has 5 N–H and O–H groups in total. The molecule has 0 saturated carbocycles. The second-order valence-electron chi connectivity index (χ2n) is 3.90. The van der Waals surface area contributed by atoms with Gasteiger partial charge in [0.05, 0.1) is 12.5 Å². The average Bonchev–Trinajstić information content (AvgIpc) is 2.63. The van der Waals surface area contributed by atoms with Crippen molar-refractivity contribution in [3.05, 3.63) is 0 Å². The molecule has 0 aromatic heterocycles. The van der Waals surface area contributed by atoms with Gasteiger partial charge in [-0.1, -0.05) is 0 Å². The van der Waals surface area contributed by atoms with Crippen molar-refractivity contribution in [3.8, 4) is 0 Å². The van der Waals surface area contributed by atoms with Crippen LogP contribution in [0.2, 0.25) is 0 Å². The fraction of sp³-hybridized carbons (Fsp3) is 0.778. The third kappa shape index (κ3) is 3.17. The molecule has 2 atom stereocenters. The lowest BCUT2D eigenvalue weighted by atomic mass is 10.1. The van der Waals surface area contributed by atoms with Crippen molar-refractivity contribution in [2.75, 3.05) is 19.7 Å². The maximum absolute atomic E-state index is 11.7. The molecule has 0 radical (unpaired) electrons. The Morgan fingerprint density at radius 2 is 2.20 bits per heavy atom. The molecule has 0 spiro atoms. The van der Waals surface area contributed by atoms with Crippen molar-refractivity contribution in [1.29, 1.82) is 0 Å². The fourth-order valence-corrected chi connectivity index (χ4v) is 1.72. The number of aliphatic hydroxyl groups is 1. The van der Waals surface area contributed by atoms with Gasteiger partial charge in [-0.2, -0.15) is 0 Å². The van der Waals surface area contributed by atoms with Gasteiger partial charge in [0.15, 0.2) is 0 Å². The number of primary amides is 1. The van der Waals surface area contributed by atoms with E-state index < -0.39 is 11.9 Å². The van der Waals surface area contributed by atoms with E-state index >= 15 is 0 Å². The molecule has 1 fully saturated rings. The van der Waals surface area contributed by atoms with E-state index in [4.69, 9.17) is 16.6 Å². The molecule has 6 nitrogen and oxygen atoms in total. The smallest absolute Gasteiger partial charge is 0.240 e. The molecule has 1 heterocycles. The standard InChI is InChI=1S/C9H17N3O3/c10-7(3-8(11)14)9(15)12-2-1-6(4-12)5-13/h6-7,13H,1-5,10H2,(H2,11,14). The van der Waals surface area contributed by atoms with Crippen molar-refractivity contribution >= 4 is 11.8 Å². The zero-order valence-electron chi connectivity index (χ0n) is 8.56. The molecule has 86 valence electrons. The van der Waals surface area contributed by atoms with Crippen LogP contribution < -0.4 is 11.5 Å². The van der Waals surface area contributed by atoms with Crippen LogP contribution in [0.15, 0.2) is 0 Å². The summed E-state index contributed by atoms with van der Waals surface area (Å²) >= 11 is 0. The zero-order chi connectivity index (χ0) is 11.4. The number of hydrogen-bond donors (Lipinski definition) is 3. The number of rotatable bonds is 4. The molecule has 15 heavy (non-hydrogen) atoms. The van der Waals surface area contributed by atoms with Crippen LogP contribution >= 0.6 is 0 Å². The molecule has 2 amide bonds. The molecule has 6 heteroatoms. The molecule has 0 aromatic carbocycles. The van der Waals surface area contributed by atoms with Gasteiger partial charge < -0.3 is 21.5 Å². The highest BCUT2D eigenvalue weighted by molar-refractivity contribution is 5.87. The summed E-state index contributed by atoms with van der Waals surface area (Å²) in [5, 5.41) is 8.91. The maximum Gasteiger partial charge on any atom is 0.240 e. The molecule has 1 saturated heterocycles. The van der Waals surface area contributed by atoms with E-state index in [-0.39, 0.29) is 24.9 Å². The second-order valence-corrected chi connectivity index (χ2v) is 3.90. The summed E-state index contributed by atoms with van der Waals surface area (Å²) in [6, 6.07) is -0.847. The molecular weight excluding hydrogens is 198 g/mol. The van der Waals surface area contributed by atoms with Crippen molar-refractivity contribution < 1.29 is 14.7 Å². The van der Waals surface area contributed by atoms with E-state index in [9.17, 15) is 9.59 Å². The molecular formula is C9H17N3O3. The van der Waals surface area contributed by atoms with E-state index in [0.717, 1.165) is 6.42 Å². The summed E-state index contributed by atoms with van der Waals surface area (Å²) in [5.41, 5.74) is 10.5. The first kappa shape index (κ1) is 11.9. The van der Waals surface area contributed by atoms with Crippen LogP contribution in [0.3, 0.4) is 0 Å². The van der Waals surface area contributed by atoms with Crippen LogP contribution in [-0.2, 0) is 9.59 Å². The normalized spacial score (nSPS) is 22.8. The average molecular weight is 215 g/mol. The predicted octanol–water partition coefficient (Wildman–Crippen LogP) is -1.97. The Kier molecular flexibility index (Phi) is 4.05. The fourth-order valence-electron chi connectivity index (χ4n) is 1.72. The minimum atomic E-state index is -0.847. The number of carbonyl (C=O) groups excluding carboxylic acids is 2. The number of likely N-dealkylation sites (tertiary alicyclic amines) is 1. The van der Waals surface area contributed by atoms with Gasteiger partial charge in [-0.05, 0) is 6.42 Å². The lowest BCUT2D eigenvalue weighted by Gasteiger charge is -2.19. The van der Waals surface area contributed by atoms with Crippen molar-refractivity contribution in [3.63, 3.8) is 0 Å². The van der Waals surface area contributed by atoms with Crippen LogP contribution in [0.25, 0.3) is 0 Å². The van der Waals surface area contributed by atoms with Crippen molar-refractivity contribution in [2.45, 2.75) is 18.9 Å². The van der Waals surface area contributed by atoms with Crippen LogP contribution in [-0.4, -0.2) is 47.6 Å². The summed E-state index contributed by atoms with van der Waals surface area (Å²) in [6.45, 7) is 1.19. The Labute approximate surface area is 88.2 Å². The van der Waals surface area contributed by atoms with Gasteiger partial charge in [-0.3, -0.25) is 9.59 Å². The van der Waals surface area contributed by atoms with Crippen LogP contribution in [0.5, 0.6) is 0 Å². The molecule has 1 rings (SSSR count). The molecule has 0 bridgehead atoms. The second kappa shape index (κ2) is 5.09. The number of amides is 2. The predicted molar refractivity (Wildman–Crippen MR) is 53.6 cm³/mol. The molecule has 1 aliphatic heterocycles. The lowest BCUT2D eigenvalue weighted by Crippen LogP contribution is -2.44. The summed E-state index contributed by atoms with van der Waals surface area (Å²) in [5.74, 6) is -0.701. The van der Waals surface area contributed by atoms with Crippen LogP contribution in [0.1, 0.15) is 12.8 Å². The summed E-state index contributed by atoms with van der Waals surface area (Å²) < 4.78 is 0. The monoisotopic (exact) mass is 215 g/mol. The van der Waals surface area contributed by atoms with Gasteiger partial charge in [0.25, 0.3) is 0 Å². The third-order valence-electron chi connectivity index (χ3n) is 2.59. The van der Waals surface area contributed by atoms with Gasteiger partial charge in [-0.25, -0.2) is 0 Å². The van der Waals surface area contributed by atoms with Gasteiger partial charge in [0, 0.05) is 25.6 Å². The Hall–Kier alpha value is -1.14. The number of hydrogen-bond acceptors (Lipinski definition) is 4. The highest BCUT2D eigenvalue weighted by atomic mass is 16.3. The van der Waals surface area contributed by atoms with E-state index in [1.165, 1.54) is 0 Å². The first-order valence-electron chi connectivity index (χ1n) is 4.98. The third-order valence-corrected chi connectivity index (χ3v) is 2.59. The van der Waals surface area contributed by atoms with E-state index in [2.05, 4.69) is 0 Å². The minimum Gasteiger partial charge on any atom is -0.396 e. The molecule has 1 aliphatic rings. The van der Waals surface area contributed by atoms with Crippen LogP contribution in [0, 0.1) is 5.92 Å². The Morgan fingerprint density at radius 3 is 2.67 bits per heavy atom. The van der Waals surface area contributed by atoms with Gasteiger partial charge in [-0.15, -0.1) is 0 Å². The Bertz CT molecular complexity index is 257. The molecule has 0 aliphatic carbocycles. The van der Waals surface area contributed by atoms with Crippen LogP contribution in [0.4, 0.5) is 0 Å². The highest BCUT2D eigenvalue weighted by Crippen LogP contribution is 2.16.